The van der Waals surface area contributed by atoms with Crippen LogP contribution in [0.3, 0.4) is 0 Å². The summed E-state index contributed by atoms with van der Waals surface area (Å²) < 4.78 is 8.51. The first-order valence-corrected chi connectivity index (χ1v) is 13.4. The summed E-state index contributed by atoms with van der Waals surface area (Å²) in [5, 5.41) is 6.32. The Morgan fingerprint density at radius 1 is 1.23 bits per heavy atom. The van der Waals surface area contributed by atoms with Crippen molar-refractivity contribution in [2.24, 2.45) is 0 Å². The first kappa shape index (κ1) is 27.9. The first-order valence-electron chi connectivity index (χ1n) is 10.4. The molecule has 1 aromatic heterocycles. The number of ether oxygens (including phenoxy) is 2. The molecule has 4 atom stereocenters. The molecule has 0 aromatic carbocycles. The summed E-state index contributed by atoms with van der Waals surface area (Å²) >= 11 is 19.6. The second-order valence-electron chi connectivity index (χ2n) is 8.76. The first-order chi connectivity index (χ1) is 16.2. The molecule has 9 nitrogen and oxygen atoms in total. The number of thiophene rings is 1. The van der Waals surface area contributed by atoms with Crippen LogP contribution in [0.15, 0.2) is 29.3 Å². The number of halogens is 3. The van der Waals surface area contributed by atoms with Crippen molar-refractivity contribution in [3.8, 4) is 0 Å². The Bertz CT molecular complexity index is 1020. The van der Waals surface area contributed by atoms with Gasteiger partial charge in [0.05, 0.1) is 0 Å². The fourth-order valence-electron chi connectivity index (χ4n) is 3.33. The van der Waals surface area contributed by atoms with Crippen molar-refractivity contribution >= 4 is 81.8 Å². The molecule has 1 saturated heterocycles. The molecule has 0 bridgehead atoms. The van der Waals surface area contributed by atoms with Crippen LogP contribution in [0.5, 0.6) is 0 Å². The number of nitrogens with one attached hydrogen (secondary N) is 2. The van der Waals surface area contributed by atoms with Crippen LogP contribution >= 0.6 is 57.9 Å². The van der Waals surface area contributed by atoms with Crippen LogP contribution in [0, 0.1) is 0 Å². The topological polar surface area (TPSA) is 114 Å². The Labute approximate surface area is 225 Å². The molecule has 0 aliphatic carbocycles. The number of amides is 3. The highest BCUT2D eigenvalue weighted by Gasteiger charge is 2.54. The highest BCUT2D eigenvalue weighted by atomic mass is 35.6. The summed E-state index contributed by atoms with van der Waals surface area (Å²) in [6.07, 6.45) is 0.811. The van der Waals surface area contributed by atoms with Crippen molar-refractivity contribution < 1.29 is 28.7 Å². The predicted octanol–water partition coefficient (Wildman–Crippen LogP) is 3.90. The minimum Gasteiger partial charge on any atom is -0.456 e. The van der Waals surface area contributed by atoms with Gasteiger partial charge in [-0.15, -0.1) is 23.1 Å². The Morgan fingerprint density at radius 3 is 2.49 bits per heavy atom. The third kappa shape index (κ3) is 7.19. The van der Waals surface area contributed by atoms with Crippen molar-refractivity contribution in [2.75, 3.05) is 6.61 Å². The molecule has 14 heteroatoms. The molecule has 3 heterocycles. The van der Waals surface area contributed by atoms with Crippen molar-refractivity contribution in [1.82, 2.24) is 15.5 Å². The van der Waals surface area contributed by atoms with Crippen molar-refractivity contribution in [3.05, 3.63) is 34.2 Å². The number of thioether (sulfide) groups is 1. The minimum absolute atomic E-state index is 0.0210. The Kier molecular flexibility index (Phi) is 8.58. The van der Waals surface area contributed by atoms with Crippen LogP contribution in [0.2, 0.25) is 0 Å². The maximum absolute atomic E-state index is 13.2. The van der Waals surface area contributed by atoms with Crippen LogP contribution in [-0.4, -0.2) is 61.4 Å². The monoisotopic (exact) mass is 583 g/mol. The zero-order valence-electron chi connectivity index (χ0n) is 19.2. The minimum atomic E-state index is -1.79. The Balaban J connectivity index is 1.71. The fourth-order valence-corrected chi connectivity index (χ4v) is 5.59. The number of hydrogen-bond donors (Lipinski definition) is 2. The molecule has 1 fully saturated rings. The molecule has 2 aliphatic rings. The molecular weight excluding hydrogens is 561 g/mol. The maximum atomic E-state index is 13.2. The van der Waals surface area contributed by atoms with Gasteiger partial charge in [-0.05, 0) is 45.2 Å². The van der Waals surface area contributed by atoms with Crippen molar-refractivity contribution in [2.45, 2.75) is 59.8 Å². The number of β-lactam (4-membered cyclic amide) rings is 1. The normalized spacial score (nSPS) is 22.8. The van der Waals surface area contributed by atoms with E-state index in [1.807, 2.05) is 6.92 Å². The third-order valence-electron chi connectivity index (χ3n) is 4.67. The van der Waals surface area contributed by atoms with Gasteiger partial charge in [0, 0.05) is 10.1 Å². The number of alkyl carbamates (subject to hydrolysis) is 1. The molecular formula is C21H24Cl3N3O6S2. The SMILES string of the molecule is CC1C=C(C(=O)OCC(Cl)(Cl)Cl)N2C(=O)C(NC(=O)C(NC(=O)OC(C)(C)C)c3cccs3)[C@@H]2S1. The van der Waals surface area contributed by atoms with E-state index in [-0.39, 0.29) is 10.9 Å². The summed E-state index contributed by atoms with van der Waals surface area (Å²) in [5.74, 6) is -1.89. The molecule has 0 spiro atoms. The smallest absolute Gasteiger partial charge is 0.408 e. The average molecular weight is 585 g/mol. The van der Waals surface area contributed by atoms with Crippen LogP contribution in [0.25, 0.3) is 0 Å². The van der Waals surface area contributed by atoms with E-state index in [1.54, 1.807) is 44.4 Å². The highest BCUT2D eigenvalue weighted by Crippen LogP contribution is 2.41. The van der Waals surface area contributed by atoms with E-state index in [0.717, 1.165) is 0 Å². The lowest BCUT2D eigenvalue weighted by Gasteiger charge is -2.50. The molecule has 3 unspecified atom stereocenters. The number of fused-ring (bicyclic) bond motifs is 1. The number of rotatable bonds is 6. The van der Waals surface area contributed by atoms with E-state index in [4.69, 9.17) is 44.3 Å². The molecule has 35 heavy (non-hydrogen) atoms. The van der Waals surface area contributed by atoms with E-state index in [9.17, 15) is 19.2 Å². The second kappa shape index (κ2) is 10.8. The van der Waals surface area contributed by atoms with Gasteiger partial charge >= 0.3 is 12.1 Å². The van der Waals surface area contributed by atoms with Crippen LogP contribution in [0.4, 0.5) is 4.79 Å². The summed E-state index contributed by atoms with van der Waals surface area (Å²) in [5.41, 5.74) is -0.736. The number of nitrogens with zero attached hydrogens (tertiary/aromatic N) is 1. The van der Waals surface area contributed by atoms with E-state index in [2.05, 4.69) is 10.6 Å². The Morgan fingerprint density at radius 2 is 1.91 bits per heavy atom. The van der Waals surface area contributed by atoms with E-state index in [1.165, 1.54) is 28.0 Å². The molecule has 0 saturated carbocycles. The number of hydrogen-bond acceptors (Lipinski definition) is 8. The molecule has 0 radical (unpaired) electrons. The number of carbonyl (C=O) groups excluding carboxylic acids is 4. The lowest BCUT2D eigenvalue weighted by Crippen LogP contribution is -2.71. The standard InChI is InChI=1S/C21H24Cl3N3O6S2/c1-10-8-11(18(30)32-9-21(22,23)24)27-16(29)14(17(27)35-10)25-15(28)13(12-6-5-7-34-12)26-19(31)33-20(2,3)4/h5-8,10,13-14,17H,9H2,1-4H3,(H,25,28)(H,26,31)/t10?,13?,14?,17-/m0/s1. The lowest BCUT2D eigenvalue weighted by atomic mass is 10.0. The van der Waals surface area contributed by atoms with Gasteiger partial charge in [0.2, 0.25) is 9.70 Å². The molecule has 3 amide bonds. The zero-order chi connectivity index (χ0) is 26.1. The largest absolute Gasteiger partial charge is 0.456 e. The molecule has 2 aliphatic heterocycles. The number of esters is 1. The van der Waals surface area contributed by atoms with Gasteiger partial charge in [-0.2, -0.15) is 0 Å². The van der Waals surface area contributed by atoms with Crippen molar-refractivity contribution in [3.63, 3.8) is 0 Å². The van der Waals surface area contributed by atoms with Crippen molar-refractivity contribution in [1.29, 1.82) is 0 Å². The van der Waals surface area contributed by atoms with Gasteiger partial charge in [-0.25, -0.2) is 9.59 Å². The Hall–Kier alpha value is -1.66. The predicted molar refractivity (Wildman–Crippen MR) is 135 cm³/mol. The van der Waals surface area contributed by atoms with Gasteiger partial charge in [0.15, 0.2) is 0 Å². The molecule has 192 valence electrons. The van der Waals surface area contributed by atoms with Crippen LogP contribution in [-0.2, 0) is 23.9 Å². The van der Waals surface area contributed by atoms with Gasteiger partial charge < -0.3 is 20.1 Å². The molecule has 2 N–H and O–H groups in total. The average Bonchev–Trinajstić information content (AvgIpc) is 3.26. The van der Waals surface area contributed by atoms with Crippen LogP contribution < -0.4 is 10.6 Å². The summed E-state index contributed by atoms with van der Waals surface area (Å²) in [4.78, 5) is 52.8. The van der Waals surface area contributed by atoms with E-state index in [0.29, 0.717) is 4.88 Å². The van der Waals surface area contributed by atoms with Gasteiger partial charge in [0.25, 0.3) is 5.91 Å². The summed E-state index contributed by atoms with van der Waals surface area (Å²) in [7, 11) is 0. The lowest BCUT2D eigenvalue weighted by molar-refractivity contribution is -0.153. The van der Waals surface area contributed by atoms with Gasteiger partial charge in [-0.1, -0.05) is 40.9 Å². The summed E-state index contributed by atoms with van der Waals surface area (Å²) in [6, 6.07) is 1.45. The highest BCUT2D eigenvalue weighted by molar-refractivity contribution is 8.00. The van der Waals surface area contributed by atoms with Gasteiger partial charge in [0.1, 0.15) is 35.4 Å². The second-order valence-corrected chi connectivity index (χ2v) is 13.8. The molecule has 1 aromatic rings. The van der Waals surface area contributed by atoms with Gasteiger partial charge in [-0.3, -0.25) is 14.5 Å². The number of carbonyl (C=O) groups is 4. The maximum Gasteiger partial charge on any atom is 0.408 e. The molecule has 3 rings (SSSR count). The van der Waals surface area contributed by atoms with Crippen LogP contribution in [0.1, 0.15) is 38.6 Å². The fraction of sp³-hybridized carbons (Fsp3) is 0.524. The zero-order valence-corrected chi connectivity index (χ0v) is 23.1. The quantitative estimate of drug-likeness (QED) is 0.296. The third-order valence-corrected chi connectivity index (χ3v) is 7.27. The summed E-state index contributed by atoms with van der Waals surface area (Å²) in [6.45, 7) is 6.48. The number of alkyl halides is 3. The van der Waals surface area contributed by atoms with E-state index < -0.39 is 57.3 Å². The van der Waals surface area contributed by atoms with E-state index >= 15 is 0 Å².